The van der Waals surface area contributed by atoms with Crippen LogP contribution in [0.4, 0.5) is 0 Å². The molecule has 12 heteroatoms. The summed E-state index contributed by atoms with van der Waals surface area (Å²) >= 11 is 0. The highest BCUT2D eigenvalue weighted by Crippen LogP contribution is 2.57. The van der Waals surface area contributed by atoms with Crippen molar-refractivity contribution >= 4 is 15.4 Å². The maximum absolute atomic E-state index is 13.3. The molecule has 2 aliphatic heterocycles. The number of fused-ring (bicyclic) bond motifs is 3. The van der Waals surface area contributed by atoms with Crippen LogP contribution in [-0.4, -0.2) is 107 Å². The first-order chi connectivity index (χ1) is 17.8. The van der Waals surface area contributed by atoms with Gasteiger partial charge in [-0.3, -0.25) is 14.4 Å². The molecule has 3 heterocycles. The molecule has 2 fully saturated rings. The lowest BCUT2D eigenvalue weighted by Crippen LogP contribution is -2.47. The maximum atomic E-state index is 13.3. The second-order valence-corrected chi connectivity index (χ2v) is 14.5. The molecule has 1 aromatic rings. The zero-order chi connectivity index (χ0) is 26.7. The van der Waals surface area contributed by atoms with Crippen molar-refractivity contribution in [3.8, 4) is 0 Å². The summed E-state index contributed by atoms with van der Waals surface area (Å²) in [5.74, 6) is 0. The number of hydrogen-bond acceptors (Lipinski definition) is 7. The third kappa shape index (κ3) is 10.3. The molecule has 5 unspecified atom stereocenters. The normalized spacial score (nSPS) is 25.8. The lowest BCUT2D eigenvalue weighted by Gasteiger charge is -2.36. The zero-order valence-corrected chi connectivity index (χ0v) is 24.2. The Kier molecular flexibility index (Phi) is 12.9. The van der Waals surface area contributed by atoms with E-state index >= 15 is 0 Å². The Hall–Kier alpha value is -0.960. The van der Waals surface area contributed by atoms with Gasteiger partial charge in [0.05, 0.1) is 12.8 Å². The van der Waals surface area contributed by atoms with Crippen molar-refractivity contribution in [3.05, 3.63) is 35.3 Å². The van der Waals surface area contributed by atoms with Crippen LogP contribution in [0.15, 0.2) is 24.4 Å². The van der Waals surface area contributed by atoms with Gasteiger partial charge in [0.25, 0.3) is 12.8 Å². The summed E-state index contributed by atoms with van der Waals surface area (Å²) < 4.78 is 26.2. The average molecular weight is 559 g/mol. The van der Waals surface area contributed by atoms with Crippen molar-refractivity contribution in [2.24, 2.45) is 0 Å². The second kappa shape index (κ2) is 15.6. The Labute approximate surface area is 223 Å². The Morgan fingerprint density at radius 1 is 0.973 bits per heavy atom. The summed E-state index contributed by atoms with van der Waals surface area (Å²) in [6, 6.07) is 5.56. The fraction of sp³-hybridized carbons (Fsp3) is 0.800. The Bertz CT molecular complexity index is 895. The highest BCUT2D eigenvalue weighted by atomic mass is 31.2. The van der Waals surface area contributed by atoms with Gasteiger partial charge in [-0.25, -0.2) is 0 Å². The van der Waals surface area contributed by atoms with Gasteiger partial charge in [0.1, 0.15) is 0 Å². The summed E-state index contributed by atoms with van der Waals surface area (Å²) in [5.41, 5.74) is 0.769. The molecule has 0 spiro atoms. The molecule has 0 radical (unpaired) electrons. The minimum Gasteiger partial charge on any atom is -0.618 e. The highest BCUT2D eigenvalue weighted by molar-refractivity contribution is 7.69. The van der Waals surface area contributed by atoms with E-state index in [1.54, 1.807) is 12.3 Å². The SMILES string of the molecule is CCCCCC([P+](=O)O)P(=O)(O)CN1CCCN2CCN(CCCN(Cc3cccc[n+]3[O-])CC2)CC1. The lowest BCUT2D eigenvalue weighted by atomic mass is 10.2. The van der Waals surface area contributed by atoms with Crippen molar-refractivity contribution in [2.75, 3.05) is 71.7 Å². The summed E-state index contributed by atoms with van der Waals surface area (Å²) in [6.07, 6.45) is 6.30. The number of pyridine rings is 1. The molecule has 0 saturated carbocycles. The third-order valence-electron chi connectivity index (χ3n) is 7.57. The van der Waals surface area contributed by atoms with E-state index in [0.29, 0.717) is 32.5 Å². The number of aromatic nitrogens is 1. The lowest BCUT2D eigenvalue weighted by molar-refractivity contribution is -0.615. The molecule has 2 saturated heterocycles. The summed E-state index contributed by atoms with van der Waals surface area (Å²) in [6.45, 7) is 11.4. The van der Waals surface area contributed by atoms with Gasteiger partial charge in [0.15, 0.2) is 6.20 Å². The van der Waals surface area contributed by atoms with Crippen LogP contribution in [0, 0.1) is 5.21 Å². The standard InChI is InChI=1S/C25H45N5O5P2/c1-2-3-4-10-25(36(32)33)37(34,35)23-29-14-8-12-26-16-17-27(19-21-29)11-7-13-28(20-18-26)22-24-9-5-6-15-30(24)31/h5-6,9,15,25H,2-4,7-8,10-14,16-23H2,1H3,(H-,32,33,34,35)/p+1. The van der Waals surface area contributed by atoms with Gasteiger partial charge < -0.3 is 19.9 Å². The van der Waals surface area contributed by atoms with Crippen molar-refractivity contribution < 1.29 is 23.6 Å². The average Bonchev–Trinajstić information content (AvgIpc) is 2.86. The van der Waals surface area contributed by atoms with Crippen molar-refractivity contribution in [3.63, 3.8) is 0 Å². The molecule has 0 aliphatic carbocycles. The van der Waals surface area contributed by atoms with Crippen LogP contribution in [0.1, 0.15) is 51.1 Å². The fourth-order valence-electron chi connectivity index (χ4n) is 5.32. The van der Waals surface area contributed by atoms with Crippen LogP contribution < -0.4 is 4.73 Å². The highest BCUT2D eigenvalue weighted by Gasteiger charge is 2.46. The van der Waals surface area contributed by atoms with Gasteiger partial charge in [0.2, 0.25) is 5.69 Å². The minimum atomic E-state index is -3.80. The maximum Gasteiger partial charge on any atom is 0.519 e. The van der Waals surface area contributed by atoms with Crippen molar-refractivity contribution in [1.82, 2.24) is 19.6 Å². The summed E-state index contributed by atoms with van der Waals surface area (Å²) in [5, 5.41) is 11.1. The van der Waals surface area contributed by atoms with E-state index in [1.165, 1.54) is 0 Å². The molecular formula is C25H46N5O5P2+. The molecular weight excluding hydrogens is 512 g/mol. The predicted octanol–water partition coefficient (Wildman–Crippen LogP) is 2.70. The molecule has 2 aliphatic rings. The van der Waals surface area contributed by atoms with Gasteiger partial charge in [-0.05, 0) is 56.1 Å². The summed E-state index contributed by atoms with van der Waals surface area (Å²) in [7, 11) is -6.49. The second-order valence-electron chi connectivity index (χ2n) is 10.5. The molecule has 5 atom stereocenters. The van der Waals surface area contributed by atoms with Crippen molar-refractivity contribution in [1.29, 1.82) is 0 Å². The van der Waals surface area contributed by atoms with E-state index in [2.05, 4.69) is 21.6 Å². The zero-order valence-electron chi connectivity index (χ0n) is 22.4. The predicted molar refractivity (Wildman–Crippen MR) is 147 cm³/mol. The largest absolute Gasteiger partial charge is 0.618 e. The molecule has 10 nitrogen and oxygen atoms in total. The molecule has 2 N–H and O–H groups in total. The van der Waals surface area contributed by atoms with Crippen LogP contribution >= 0.6 is 15.4 Å². The van der Waals surface area contributed by atoms with Gasteiger partial charge in [-0.15, -0.1) is 0 Å². The Balaban J connectivity index is 1.61. The first kappa shape index (κ1) is 30.6. The van der Waals surface area contributed by atoms with E-state index in [1.807, 2.05) is 17.0 Å². The minimum absolute atomic E-state index is 0.0146. The van der Waals surface area contributed by atoms with E-state index in [9.17, 15) is 24.1 Å². The van der Waals surface area contributed by atoms with Gasteiger partial charge in [-0.2, -0.15) is 9.62 Å². The number of nitrogens with zero attached hydrogens (tertiary/aromatic N) is 5. The molecule has 1 aromatic heterocycles. The quantitative estimate of drug-likeness (QED) is 0.194. The monoisotopic (exact) mass is 558 g/mol. The topological polar surface area (TPSA) is 114 Å². The van der Waals surface area contributed by atoms with Crippen LogP contribution in [0.3, 0.4) is 0 Å². The Morgan fingerprint density at radius 2 is 1.59 bits per heavy atom. The smallest absolute Gasteiger partial charge is 0.519 e. The van der Waals surface area contributed by atoms with E-state index in [4.69, 9.17) is 0 Å². The number of unbranched alkanes of at least 4 members (excludes halogenated alkanes) is 2. The number of hydrogen-bond donors (Lipinski definition) is 2. The van der Waals surface area contributed by atoms with E-state index in [0.717, 1.165) is 88.5 Å². The molecule has 210 valence electrons. The molecule has 0 amide bonds. The molecule has 2 bridgehead atoms. The van der Waals surface area contributed by atoms with Crippen molar-refractivity contribution in [2.45, 2.75) is 57.4 Å². The third-order valence-corrected chi connectivity index (χ3v) is 12.0. The molecule has 0 aromatic carbocycles. The fourth-order valence-corrected chi connectivity index (χ4v) is 8.81. The Morgan fingerprint density at radius 3 is 2.22 bits per heavy atom. The van der Waals surface area contributed by atoms with Crippen LogP contribution in [0.5, 0.6) is 0 Å². The van der Waals surface area contributed by atoms with Gasteiger partial charge in [0, 0.05) is 57.8 Å². The van der Waals surface area contributed by atoms with Crippen LogP contribution in [0.25, 0.3) is 0 Å². The first-order valence-electron chi connectivity index (χ1n) is 13.8. The van der Waals surface area contributed by atoms with Gasteiger partial charge >= 0.3 is 8.03 Å². The van der Waals surface area contributed by atoms with Crippen LogP contribution in [-0.2, 0) is 15.7 Å². The molecule has 3 rings (SSSR count). The molecule has 37 heavy (non-hydrogen) atoms. The number of rotatable bonds is 10. The van der Waals surface area contributed by atoms with E-state index in [-0.39, 0.29) is 6.29 Å². The van der Waals surface area contributed by atoms with Crippen LogP contribution in [0.2, 0.25) is 0 Å². The first-order valence-corrected chi connectivity index (χ1v) is 17.0. The van der Waals surface area contributed by atoms with E-state index < -0.39 is 20.8 Å². The van der Waals surface area contributed by atoms with Gasteiger partial charge in [-0.1, -0.05) is 19.8 Å². The summed E-state index contributed by atoms with van der Waals surface area (Å²) in [4.78, 5) is 30.0.